The second kappa shape index (κ2) is 4.56. The minimum atomic E-state index is 0.0984. The van der Waals surface area contributed by atoms with Crippen LogP contribution in [0.25, 0.3) is 11.4 Å². The number of rotatable bonds is 1. The van der Waals surface area contributed by atoms with Crippen LogP contribution in [0.2, 0.25) is 0 Å². The maximum absolute atomic E-state index is 6.11. The summed E-state index contributed by atoms with van der Waals surface area (Å²) in [5.41, 5.74) is 10.7. The van der Waals surface area contributed by atoms with Gasteiger partial charge in [0.05, 0.1) is 6.61 Å². The largest absolute Gasteiger partial charge is 0.493 e. The van der Waals surface area contributed by atoms with Crippen LogP contribution in [-0.2, 0) is 12.8 Å². The maximum Gasteiger partial charge on any atom is 0.159 e. The van der Waals surface area contributed by atoms with E-state index in [2.05, 4.69) is 11.1 Å². The van der Waals surface area contributed by atoms with Crippen molar-refractivity contribution in [2.24, 2.45) is 5.73 Å². The van der Waals surface area contributed by atoms with Gasteiger partial charge in [-0.25, -0.2) is 9.97 Å². The minimum absolute atomic E-state index is 0.0984. The molecule has 2 N–H and O–H groups in total. The van der Waals surface area contributed by atoms with Crippen LogP contribution in [-0.4, -0.2) is 16.6 Å². The van der Waals surface area contributed by atoms with E-state index in [1.54, 1.807) is 0 Å². The first kappa shape index (κ1) is 11.9. The molecule has 4 rings (SSSR count). The number of aryl methyl sites for hydroxylation is 1. The van der Waals surface area contributed by atoms with Gasteiger partial charge in [0.15, 0.2) is 5.82 Å². The lowest BCUT2D eigenvalue weighted by Gasteiger charge is -2.21. The van der Waals surface area contributed by atoms with Crippen LogP contribution in [0, 0.1) is 0 Å². The van der Waals surface area contributed by atoms with E-state index in [9.17, 15) is 0 Å². The maximum atomic E-state index is 6.11. The van der Waals surface area contributed by atoms with Gasteiger partial charge in [-0.2, -0.15) is 0 Å². The highest BCUT2D eigenvalue weighted by atomic mass is 16.5. The molecule has 1 aromatic carbocycles. The Labute approximate surface area is 118 Å². The zero-order chi connectivity index (χ0) is 13.5. The molecule has 102 valence electrons. The highest BCUT2D eigenvalue weighted by Gasteiger charge is 2.20. The monoisotopic (exact) mass is 267 g/mol. The van der Waals surface area contributed by atoms with Crippen LogP contribution in [0.5, 0.6) is 5.75 Å². The SMILES string of the molecule is NC1CCCc2nc(-c3ccc4c(c3)CCO4)ncc21. The molecule has 4 heteroatoms. The summed E-state index contributed by atoms with van der Waals surface area (Å²) in [6, 6.07) is 6.30. The van der Waals surface area contributed by atoms with Gasteiger partial charge in [0.25, 0.3) is 0 Å². The second-order valence-corrected chi connectivity index (χ2v) is 5.52. The predicted octanol–water partition coefficient (Wildman–Crippen LogP) is 2.41. The molecule has 20 heavy (non-hydrogen) atoms. The number of benzene rings is 1. The summed E-state index contributed by atoms with van der Waals surface area (Å²) in [7, 11) is 0. The molecule has 0 amide bonds. The first-order valence-corrected chi connectivity index (χ1v) is 7.19. The fourth-order valence-electron chi connectivity index (χ4n) is 3.05. The van der Waals surface area contributed by atoms with Gasteiger partial charge in [0.1, 0.15) is 5.75 Å². The molecule has 0 radical (unpaired) electrons. The van der Waals surface area contributed by atoms with Crippen molar-refractivity contribution in [3.8, 4) is 17.1 Å². The molecule has 4 nitrogen and oxygen atoms in total. The third-order valence-electron chi connectivity index (χ3n) is 4.18. The van der Waals surface area contributed by atoms with Crippen LogP contribution in [0.4, 0.5) is 0 Å². The van der Waals surface area contributed by atoms with Crippen LogP contribution < -0.4 is 10.5 Å². The van der Waals surface area contributed by atoms with E-state index in [4.69, 9.17) is 15.5 Å². The number of nitrogens with two attached hydrogens (primary N) is 1. The molecular weight excluding hydrogens is 250 g/mol. The van der Waals surface area contributed by atoms with Gasteiger partial charge in [-0.3, -0.25) is 0 Å². The van der Waals surface area contributed by atoms with Gasteiger partial charge in [0.2, 0.25) is 0 Å². The Morgan fingerprint density at radius 1 is 1.25 bits per heavy atom. The molecule has 2 heterocycles. The lowest BCUT2D eigenvalue weighted by molar-refractivity contribution is 0.357. The normalized spacial score (nSPS) is 20.1. The summed E-state index contributed by atoms with van der Waals surface area (Å²) in [4.78, 5) is 9.23. The van der Waals surface area contributed by atoms with E-state index < -0.39 is 0 Å². The molecule has 2 aliphatic rings. The second-order valence-electron chi connectivity index (χ2n) is 5.52. The van der Waals surface area contributed by atoms with Crippen molar-refractivity contribution >= 4 is 0 Å². The molecule has 0 fully saturated rings. The van der Waals surface area contributed by atoms with Crippen molar-refractivity contribution in [3.05, 3.63) is 41.2 Å². The molecule has 1 unspecified atom stereocenters. The third kappa shape index (κ3) is 1.88. The summed E-state index contributed by atoms with van der Waals surface area (Å²) in [5.74, 6) is 1.79. The third-order valence-corrected chi connectivity index (χ3v) is 4.18. The molecule has 1 aliphatic carbocycles. The predicted molar refractivity (Wildman–Crippen MR) is 76.5 cm³/mol. The molecule has 1 aliphatic heterocycles. The van der Waals surface area contributed by atoms with Gasteiger partial charge in [-0.15, -0.1) is 0 Å². The number of hydrogen-bond acceptors (Lipinski definition) is 4. The standard InChI is InChI=1S/C16H17N3O/c17-13-2-1-3-14-12(13)9-18-16(19-14)11-4-5-15-10(8-11)6-7-20-15/h4-5,8-9,13H,1-3,6-7,17H2. The van der Waals surface area contributed by atoms with Crippen LogP contribution >= 0.6 is 0 Å². The smallest absolute Gasteiger partial charge is 0.159 e. The summed E-state index contributed by atoms with van der Waals surface area (Å²) in [6.45, 7) is 0.776. The molecule has 0 saturated carbocycles. The van der Waals surface area contributed by atoms with Gasteiger partial charge in [-0.1, -0.05) is 0 Å². The average Bonchev–Trinajstić information content (AvgIpc) is 2.94. The summed E-state index contributed by atoms with van der Waals surface area (Å²) < 4.78 is 5.54. The highest BCUT2D eigenvalue weighted by Crippen LogP contribution is 2.31. The fraction of sp³-hybridized carbons (Fsp3) is 0.375. The number of nitrogens with zero attached hydrogens (tertiary/aromatic N) is 2. The van der Waals surface area contributed by atoms with Gasteiger partial charge >= 0.3 is 0 Å². The van der Waals surface area contributed by atoms with Crippen LogP contribution in [0.3, 0.4) is 0 Å². The van der Waals surface area contributed by atoms with E-state index in [1.165, 1.54) is 5.56 Å². The summed E-state index contributed by atoms with van der Waals surface area (Å²) in [6.07, 6.45) is 6.03. The zero-order valence-corrected chi connectivity index (χ0v) is 11.3. The summed E-state index contributed by atoms with van der Waals surface area (Å²) >= 11 is 0. The van der Waals surface area contributed by atoms with Crippen molar-refractivity contribution in [1.82, 2.24) is 9.97 Å². The van der Waals surface area contributed by atoms with Crippen molar-refractivity contribution in [2.45, 2.75) is 31.7 Å². The Balaban J connectivity index is 1.75. The highest BCUT2D eigenvalue weighted by molar-refractivity contribution is 5.60. The molecule has 0 saturated heterocycles. The fourth-order valence-corrected chi connectivity index (χ4v) is 3.05. The van der Waals surface area contributed by atoms with E-state index in [0.29, 0.717) is 0 Å². The van der Waals surface area contributed by atoms with Crippen LogP contribution in [0.15, 0.2) is 24.4 Å². The number of hydrogen-bond donors (Lipinski definition) is 1. The Bertz CT molecular complexity index is 669. The quantitative estimate of drug-likeness (QED) is 0.862. The van der Waals surface area contributed by atoms with Gasteiger partial charge < -0.3 is 10.5 Å². The number of ether oxygens (including phenoxy) is 1. The minimum Gasteiger partial charge on any atom is -0.493 e. The molecule has 0 bridgehead atoms. The van der Waals surface area contributed by atoms with Gasteiger partial charge in [0, 0.05) is 35.5 Å². The topological polar surface area (TPSA) is 61.0 Å². The Kier molecular flexibility index (Phi) is 2.70. The Morgan fingerprint density at radius 3 is 3.15 bits per heavy atom. The first-order chi connectivity index (χ1) is 9.81. The molecular formula is C16H17N3O. The molecule has 2 aromatic rings. The van der Waals surface area contributed by atoms with E-state index >= 15 is 0 Å². The average molecular weight is 267 g/mol. The van der Waals surface area contributed by atoms with Crippen molar-refractivity contribution in [1.29, 1.82) is 0 Å². The van der Waals surface area contributed by atoms with Crippen molar-refractivity contribution in [2.75, 3.05) is 6.61 Å². The lowest BCUT2D eigenvalue weighted by Crippen LogP contribution is -2.19. The van der Waals surface area contributed by atoms with E-state index in [-0.39, 0.29) is 6.04 Å². The van der Waals surface area contributed by atoms with E-state index in [0.717, 1.165) is 60.7 Å². The van der Waals surface area contributed by atoms with E-state index in [1.807, 2.05) is 18.3 Å². The number of aromatic nitrogens is 2. The molecule has 1 atom stereocenters. The van der Waals surface area contributed by atoms with Crippen LogP contribution in [0.1, 0.15) is 35.7 Å². The van der Waals surface area contributed by atoms with Gasteiger partial charge in [-0.05, 0) is 43.0 Å². The lowest BCUT2D eigenvalue weighted by atomic mass is 9.93. The number of fused-ring (bicyclic) bond motifs is 2. The van der Waals surface area contributed by atoms with Crippen molar-refractivity contribution < 1.29 is 4.74 Å². The van der Waals surface area contributed by atoms with Crippen molar-refractivity contribution in [3.63, 3.8) is 0 Å². The molecule has 0 spiro atoms. The Morgan fingerprint density at radius 2 is 2.20 bits per heavy atom. The summed E-state index contributed by atoms with van der Waals surface area (Å²) in [5, 5.41) is 0. The zero-order valence-electron chi connectivity index (χ0n) is 11.3. The Hall–Kier alpha value is -1.94. The molecule has 1 aromatic heterocycles. The first-order valence-electron chi connectivity index (χ1n) is 7.19.